The maximum atomic E-state index is 12.5. The number of anilines is 1. The average Bonchev–Trinajstić information content (AvgIpc) is 2.52. The van der Waals surface area contributed by atoms with E-state index in [1.54, 1.807) is 0 Å². The minimum Gasteiger partial charge on any atom is -0.495 e. The Bertz CT molecular complexity index is 700. The molecular formula is C15H13F3N2O3. The third-order valence-electron chi connectivity index (χ3n) is 3.16. The van der Waals surface area contributed by atoms with Gasteiger partial charge < -0.3 is 10.1 Å². The van der Waals surface area contributed by atoms with Crippen molar-refractivity contribution in [2.75, 3.05) is 12.4 Å². The van der Waals surface area contributed by atoms with Gasteiger partial charge in [-0.05, 0) is 23.8 Å². The van der Waals surface area contributed by atoms with Crippen molar-refractivity contribution in [2.45, 2.75) is 12.7 Å². The predicted molar refractivity (Wildman–Crippen MR) is 78.4 cm³/mol. The molecule has 2 aromatic carbocycles. The van der Waals surface area contributed by atoms with Crippen LogP contribution in [0.25, 0.3) is 0 Å². The van der Waals surface area contributed by atoms with E-state index < -0.39 is 16.7 Å². The molecular weight excluding hydrogens is 313 g/mol. The molecule has 0 aliphatic heterocycles. The van der Waals surface area contributed by atoms with Crippen molar-refractivity contribution in [2.24, 2.45) is 0 Å². The Labute approximate surface area is 129 Å². The Morgan fingerprint density at radius 1 is 1.17 bits per heavy atom. The molecule has 0 saturated heterocycles. The Morgan fingerprint density at radius 2 is 1.83 bits per heavy atom. The minimum atomic E-state index is -4.38. The zero-order chi connectivity index (χ0) is 17.0. The summed E-state index contributed by atoms with van der Waals surface area (Å²) >= 11 is 0. The maximum Gasteiger partial charge on any atom is 0.416 e. The van der Waals surface area contributed by atoms with Gasteiger partial charge >= 0.3 is 6.18 Å². The van der Waals surface area contributed by atoms with Crippen molar-refractivity contribution in [3.05, 3.63) is 63.7 Å². The standard InChI is InChI=1S/C15H13F3N2O3/c1-23-14-7-6-12(20(21)22)8-13(14)19-9-10-2-4-11(5-3-10)15(16,17)18/h2-8,19H,9H2,1H3. The van der Waals surface area contributed by atoms with Crippen LogP contribution in [0.15, 0.2) is 42.5 Å². The van der Waals surface area contributed by atoms with E-state index in [2.05, 4.69) is 5.32 Å². The molecule has 2 rings (SSSR count). The Kier molecular flexibility index (Phi) is 4.73. The number of nitro benzene ring substituents is 1. The van der Waals surface area contributed by atoms with Gasteiger partial charge in [-0.15, -0.1) is 0 Å². The lowest BCUT2D eigenvalue weighted by atomic mass is 10.1. The van der Waals surface area contributed by atoms with Crippen molar-refractivity contribution >= 4 is 11.4 Å². The number of hydrogen-bond donors (Lipinski definition) is 1. The number of nitrogens with zero attached hydrogens (tertiary/aromatic N) is 1. The van der Waals surface area contributed by atoms with Gasteiger partial charge in [0.2, 0.25) is 0 Å². The molecule has 0 heterocycles. The first-order chi connectivity index (χ1) is 10.8. The van der Waals surface area contributed by atoms with Gasteiger partial charge in [-0.1, -0.05) is 12.1 Å². The van der Waals surface area contributed by atoms with E-state index in [-0.39, 0.29) is 12.2 Å². The molecule has 1 N–H and O–H groups in total. The van der Waals surface area contributed by atoms with Crippen LogP contribution >= 0.6 is 0 Å². The predicted octanol–water partition coefficient (Wildman–Crippen LogP) is 4.23. The fraction of sp³-hybridized carbons (Fsp3) is 0.200. The van der Waals surface area contributed by atoms with Gasteiger partial charge in [-0.2, -0.15) is 13.2 Å². The van der Waals surface area contributed by atoms with Crippen LogP contribution in [0.1, 0.15) is 11.1 Å². The second-order valence-corrected chi connectivity index (χ2v) is 4.69. The van der Waals surface area contributed by atoms with Gasteiger partial charge in [0, 0.05) is 18.7 Å². The molecule has 0 amide bonds. The first kappa shape index (κ1) is 16.6. The second-order valence-electron chi connectivity index (χ2n) is 4.69. The lowest BCUT2D eigenvalue weighted by Crippen LogP contribution is -2.06. The third-order valence-corrected chi connectivity index (χ3v) is 3.16. The highest BCUT2D eigenvalue weighted by Crippen LogP contribution is 2.31. The minimum absolute atomic E-state index is 0.110. The van der Waals surface area contributed by atoms with E-state index in [1.807, 2.05) is 0 Å². The molecule has 2 aromatic rings. The van der Waals surface area contributed by atoms with Gasteiger partial charge in [-0.25, -0.2) is 0 Å². The second kappa shape index (κ2) is 6.55. The van der Waals surface area contributed by atoms with E-state index in [0.717, 1.165) is 12.1 Å². The molecule has 0 radical (unpaired) electrons. The van der Waals surface area contributed by atoms with Crippen LogP contribution in [-0.2, 0) is 12.7 Å². The van der Waals surface area contributed by atoms with Crippen molar-refractivity contribution in [3.63, 3.8) is 0 Å². The zero-order valence-electron chi connectivity index (χ0n) is 12.1. The molecule has 0 aliphatic rings. The summed E-state index contributed by atoms with van der Waals surface area (Å²) in [6.07, 6.45) is -4.38. The summed E-state index contributed by atoms with van der Waals surface area (Å²) in [5.74, 6) is 0.405. The molecule has 0 fully saturated rings. The van der Waals surface area contributed by atoms with Crippen LogP contribution in [0.5, 0.6) is 5.75 Å². The number of ether oxygens (including phenoxy) is 1. The fourth-order valence-corrected chi connectivity index (χ4v) is 1.96. The van der Waals surface area contributed by atoms with Crippen molar-refractivity contribution in [3.8, 4) is 5.75 Å². The molecule has 0 saturated carbocycles. The van der Waals surface area contributed by atoms with Gasteiger partial charge in [0.25, 0.3) is 5.69 Å². The molecule has 8 heteroatoms. The largest absolute Gasteiger partial charge is 0.495 e. The number of nitrogens with one attached hydrogen (secondary N) is 1. The monoisotopic (exact) mass is 326 g/mol. The van der Waals surface area contributed by atoms with Crippen molar-refractivity contribution in [1.82, 2.24) is 0 Å². The summed E-state index contributed by atoms with van der Waals surface area (Å²) in [5.41, 5.74) is 0.156. The van der Waals surface area contributed by atoms with Crippen LogP contribution in [-0.4, -0.2) is 12.0 Å². The fourth-order valence-electron chi connectivity index (χ4n) is 1.96. The third kappa shape index (κ3) is 4.12. The molecule has 0 aliphatic carbocycles. The number of halogens is 3. The van der Waals surface area contributed by atoms with Gasteiger partial charge in [0.05, 0.1) is 23.3 Å². The summed E-state index contributed by atoms with van der Waals surface area (Å²) < 4.78 is 42.6. The lowest BCUT2D eigenvalue weighted by Gasteiger charge is -2.12. The zero-order valence-corrected chi connectivity index (χ0v) is 12.1. The highest BCUT2D eigenvalue weighted by atomic mass is 19.4. The summed E-state index contributed by atoms with van der Waals surface area (Å²) in [5, 5.41) is 13.7. The summed E-state index contributed by atoms with van der Waals surface area (Å²) in [7, 11) is 1.42. The van der Waals surface area contributed by atoms with Crippen LogP contribution < -0.4 is 10.1 Å². The van der Waals surface area contributed by atoms with E-state index in [9.17, 15) is 23.3 Å². The van der Waals surface area contributed by atoms with E-state index >= 15 is 0 Å². The van der Waals surface area contributed by atoms with Gasteiger partial charge in [0.15, 0.2) is 0 Å². The SMILES string of the molecule is COc1ccc([N+](=O)[O-])cc1NCc1ccc(C(F)(F)F)cc1. The number of rotatable bonds is 5. The highest BCUT2D eigenvalue weighted by molar-refractivity contribution is 5.61. The van der Waals surface area contributed by atoms with Crippen LogP contribution in [0.2, 0.25) is 0 Å². The normalized spacial score (nSPS) is 11.1. The van der Waals surface area contributed by atoms with Crippen LogP contribution in [0.3, 0.4) is 0 Å². The number of non-ortho nitro benzene ring substituents is 1. The molecule has 0 bridgehead atoms. The van der Waals surface area contributed by atoms with Crippen molar-refractivity contribution in [1.29, 1.82) is 0 Å². The highest BCUT2D eigenvalue weighted by Gasteiger charge is 2.29. The summed E-state index contributed by atoms with van der Waals surface area (Å²) in [6, 6.07) is 8.74. The number of benzene rings is 2. The Balaban J connectivity index is 2.14. The smallest absolute Gasteiger partial charge is 0.416 e. The number of alkyl halides is 3. The summed E-state index contributed by atoms with van der Waals surface area (Å²) in [4.78, 5) is 10.2. The van der Waals surface area contributed by atoms with E-state index in [1.165, 1.54) is 37.4 Å². The molecule has 23 heavy (non-hydrogen) atoms. The van der Waals surface area contributed by atoms with E-state index in [0.29, 0.717) is 17.0 Å². The first-order valence-electron chi connectivity index (χ1n) is 6.53. The van der Waals surface area contributed by atoms with Gasteiger partial charge in [0.1, 0.15) is 5.75 Å². The molecule has 0 unspecified atom stereocenters. The topological polar surface area (TPSA) is 64.4 Å². The Hall–Kier alpha value is -2.77. The summed E-state index contributed by atoms with van der Waals surface area (Å²) in [6.45, 7) is 0.204. The molecule has 122 valence electrons. The van der Waals surface area contributed by atoms with Crippen molar-refractivity contribution < 1.29 is 22.8 Å². The van der Waals surface area contributed by atoms with Crippen LogP contribution in [0, 0.1) is 10.1 Å². The maximum absolute atomic E-state index is 12.5. The first-order valence-corrected chi connectivity index (χ1v) is 6.53. The lowest BCUT2D eigenvalue weighted by molar-refractivity contribution is -0.384. The van der Waals surface area contributed by atoms with Crippen LogP contribution in [0.4, 0.5) is 24.5 Å². The molecule has 0 atom stereocenters. The Morgan fingerprint density at radius 3 is 2.35 bits per heavy atom. The van der Waals surface area contributed by atoms with Gasteiger partial charge in [-0.3, -0.25) is 10.1 Å². The average molecular weight is 326 g/mol. The molecule has 0 spiro atoms. The number of methoxy groups -OCH3 is 1. The molecule has 0 aromatic heterocycles. The van der Waals surface area contributed by atoms with E-state index in [4.69, 9.17) is 4.74 Å². The quantitative estimate of drug-likeness (QED) is 0.659. The molecule has 5 nitrogen and oxygen atoms in total. The number of hydrogen-bond acceptors (Lipinski definition) is 4. The number of nitro groups is 1.